The van der Waals surface area contributed by atoms with E-state index in [1.807, 2.05) is 19.9 Å². The van der Waals surface area contributed by atoms with Crippen LogP contribution >= 0.6 is 0 Å². The number of pyridine rings is 1. The Morgan fingerprint density at radius 1 is 1.18 bits per heavy atom. The van der Waals surface area contributed by atoms with Crippen molar-refractivity contribution < 1.29 is 32.9 Å². The fraction of sp³-hybridized carbons (Fsp3) is 0.708. The lowest BCUT2D eigenvalue weighted by atomic mass is 9.92. The minimum absolute atomic E-state index is 0.140. The van der Waals surface area contributed by atoms with Crippen molar-refractivity contribution in [2.45, 2.75) is 51.7 Å². The van der Waals surface area contributed by atoms with Gasteiger partial charge >= 0.3 is 5.97 Å². The number of carbonyl (C=O) groups excluding carboxylic acids is 2. The number of carbonyl (C=O) groups is 2. The van der Waals surface area contributed by atoms with Gasteiger partial charge in [0, 0.05) is 20.2 Å². The SMILES string of the molecule is CCOC(=O)C(CC)(CC)NC(=O)c1ccc(N2CC(OC)C2)c(OC[C@H]2C[C@H]2COCF)n1. The van der Waals surface area contributed by atoms with Crippen LogP contribution in [0.25, 0.3) is 0 Å². The molecule has 1 saturated carbocycles. The van der Waals surface area contributed by atoms with Gasteiger partial charge in [-0.1, -0.05) is 13.8 Å². The first kappa shape index (κ1) is 26.2. The number of hydrogen-bond donors (Lipinski definition) is 1. The number of halogens is 1. The molecule has 2 fully saturated rings. The van der Waals surface area contributed by atoms with E-state index >= 15 is 0 Å². The van der Waals surface area contributed by atoms with Crippen LogP contribution < -0.4 is 15.0 Å². The lowest BCUT2D eigenvalue weighted by molar-refractivity contribution is -0.151. The molecule has 2 atom stereocenters. The summed E-state index contributed by atoms with van der Waals surface area (Å²) >= 11 is 0. The molecule has 1 amide bonds. The van der Waals surface area contributed by atoms with Crippen molar-refractivity contribution >= 4 is 17.6 Å². The maximum atomic E-state index is 13.1. The Balaban J connectivity index is 1.75. The second-order valence-corrected chi connectivity index (χ2v) is 8.79. The minimum atomic E-state index is -1.12. The van der Waals surface area contributed by atoms with Gasteiger partial charge in [0.1, 0.15) is 16.9 Å². The number of methoxy groups -OCH3 is 1. The van der Waals surface area contributed by atoms with Gasteiger partial charge in [-0.3, -0.25) is 4.79 Å². The van der Waals surface area contributed by atoms with Crippen molar-refractivity contribution in [3.05, 3.63) is 17.8 Å². The van der Waals surface area contributed by atoms with E-state index in [0.29, 0.717) is 45.0 Å². The Morgan fingerprint density at radius 2 is 1.88 bits per heavy atom. The van der Waals surface area contributed by atoms with E-state index in [9.17, 15) is 14.0 Å². The van der Waals surface area contributed by atoms with E-state index < -0.39 is 24.3 Å². The number of ether oxygens (including phenoxy) is 4. The number of hydrogen-bond acceptors (Lipinski definition) is 8. The van der Waals surface area contributed by atoms with Crippen LogP contribution in [0.4, 0.5) is 10.1 Å². The van der Waals surface area contributed by atoms with Gasteiger partial charge < -0.3 is 29.2 Å². The quantitative estimate of drug-likeness (QED) is 0.405. The van der Waals surface area contributed by atoms with Gasteiger partial charge in [-0.15, -0.1) is 0 Å². The van der Waals surface area contributed by atoms with Crippen LogP contribution in [0.15, 0.2) is 12.1 Å². The van der Waals surface area contributed by atoms with Crippen molar-refractivity contribution in [2.75, 3.05) is 51.8 Å². The number of amides is 1. The van der Waals surface area contributed by atoms with Gasteiger partial charge in [-0.05, 0) is 50.2 Å². The maximum absolute atomic E-state index is 13.1. The molecule has 2 aliphatic rings. The molecule has 34 heavy (non-hydrogen) atoms. The Hall–Kier alpha value is -2.46. The molecule has 1 aromatic rings. The van der Waals surface area contributed by atoms with Crippen LogP contribution in [0.2, 0.25) is 0 Å². The maximum Gasteiger partial charge on any atom is 0.331 e. The molecule has 1 aliphatic carbocycles. The van der Waals surface area contributed by atoms with E-state index in [0.717, 1.165) is 12.1 Å². The summed E-state index contributed by atoms with van der Waals surface area (Å²) in [7, 11) is 1.68. The molecule has 0 bridgehead atoms. The smallest absolute Gasteiger partial charge is 0.331 e. The number of alkyl halides is 1. The van der Waals surface area contributed by atoms with Crippen LogP contribution in [0.1, 0.15) is 50.5 Å². The zero-order valence-electron chi connectivity index (χ0n) is 20.5. The Labute approximate surface area is 200 Å². The van der Waals surface area contributed by atoms with Crippen LogP contribution in [0.3, 0.4) is 0 Å². The molecule has 1 aromatic heterocycles. The topological polar surface area (TPSA) is 99.2 Å². The van der Waals surface area contributed by atoms with Crippen molar-refractivity contribution in [3.63, 3.8) is 0 Å². The van der Waals surface area contributed by atoms with E-state index in [4.69, 9.17) is 18.9 Å². The number of esters is 1. The van der Waals surface area contributed by atoms with Crippen LogP contribution in [-0.2, 0) is 19.0 Å². The Bertz CT molecular complexity index is 844. The van der Waals surface area contributed by atoms with Crippen LogP contribution in [0, 0.1) is 11.8 Å². The first-order chi connectivity index (χ1) is 16.4. The van der Waals surface area contributed by atoms with Gasteiger partial charge in [0.05, 0.1) is 25.9 Å². The summed E-state index contributed by atoms with van der Waals surface area (Å²) in [6, 6.07) is 3.44. The molecule has 10 heteroatoms. The third-order valence-corrected chi connectivity index (χ3v) is 6.73. The lowest BCUT2D eigenvalue weighted by Crippen LogP contribution is -2.54. The summed E-state index contributed by atoms with van der Waals surface area (Å²) in [5, 5.41) is 2.84. The lowest BCUT2D eigenvalue weighted by Gasteiger charge is -2.40. The second-order valence-electron chi connectivity index (χ2n) is 8.79. The minimum Gasteiger partial charge on any atom is -0.476 e. The first-order valence-corrected chi connectivity index (χ1v) is 12.0. The molecule has 9 nitrogen and oxygen atoms in total. The number of aromatic nitrogens is 1. The van der Waals surface area contributed by atoms with Crippen molar-refractivity contribution in [3.8, 4) is 5.88 Å². The Kier molecular flexibility index (Phi) is 9.07. The van der Waals surface area contributed by atoms with Crippen molar-refractivity contribution in [2.24, 2.45) is 11.8 Å². The highest BCUT2D eigenvalue weighted by molar-refractivity contribution is 5.97. The van der Waals surface area contributed by atoms with Crippen molar-refractivity contribution in [1.82, 2.24) is 10.3 Å². The normalized spacial score (nSPS) is 20.0. The molecule has 0 unspecified atom stereocenters. The van der Waals surface area contributed by atoms with E-state index in [1.54, 1.807) is 20.1 Å². The highest BCUT2D eigenvalue weighted by atomic mass is 19.1. The molecule has 3 rings (SSSR count). The Morgan fingerprint density at radius 3 is 2.50 bits per heavy atom. The number of anilines is 1. The van der Waals surface area contributed by atoms with Gasteiger partial charge in [0.2, 0.25) is 5.88 Å². The largest absolute Gasteiger partial charge is 0.476 e. The first-order valence-electron chi connectivity index (χ1n) is 12.0. The molecule has 2 heterocycles. The molecule has 1 saturated heterocycles. The average molecular weight is 482 g/mol. The fourth-order valence-electron chi connectivity index (χ4n) is 4.11. The number of rotatable bonds is 14. The van der Waals surface area contributed by atoms with Gasteiger partial charge in [-0.25, -0.2) is 14.2 Å². The molecule has 0 spiro atoms. The summed E-state index contributed by atoms with van der Waals surface area (Å²) in [4.78, 5) is 32.3. The molecule has 0 aromatic carbocycles. The summed E-state index contributed by atoms with van der Waals surface area (Å²) in [5.74, 6) is -0.0330. The molecule has 190 valence electrons. The average Bonchev–Trinajstić information content (AvgIpc) is 3.58. The number of nitrogens with one attached hydrogen (secondary N) is 1. The standard InChI is InChI=1S/C24H36FN3O6/c1-5-24(6-2,23(30)33-7-3)27-21(29)19-8-9-20(28-11-18(12-28)31-4)22(26-19)34-14-17-10-16(17)13-32-15-25/h8-9,16-18H,5-7,10-15H2,1-4H3,(H,27,29)/t16-,17+/m0/s1. The predicted octanol–water partition coefficient (Wildman–Crippen LogP) is 2.73. The molecule has 1 aliphatic heterocycles. The highest BCUT2D eigenvalue weighted by Gasteiger charge is 2.40. The second kappa shape index (κ2) is 11.8. The van der Waals surface area contributed by atoms with E-state index in [2.05, 4.69) is 15.2 Å². The van der Waals surface area contributed by atoms with Crippen molar-refractivity contribution in [1.29, 1.82) is 0 Å². The summed E-state index contributed by atoms with van der Waals surface area (Å²) in [6.07, 6.45) is 1.83. The predicted molar refractivity (Wildman–Crippen MR) is 124 cm³/mol. The van der Waals surface area contributed by atoms with E-state index in [-0.39, 0.29) is 30.2 Å². The fourth-order valence-corrected chi connectivity index (χ4v) is 4.11. The number of nitrogens with zero attached hydrogens (tertiary/aromatic N) is 2. The van der Waals surface area contributed by atoms with Gasteiger partial charge in [0.25, 0.3) is 5.91 Å². The molecular weight excluding hydrogens is 445 g/mol. The van der Waals surface area contributed by atoms with Gasteiger partial charge in [-0.2, -0.15) is 0 Å². The third kappa shape index (κ3) is 5.96. The van der Waals surface area contributed by atoms with Gasteiger partial charge in [0.15, 0.2) is 6.86 Å². The van der Waals surface area contributed by atoms with Crippen LogP contribution in [-0.4, -0.2) is 75.4 Å². The van der Waals surface area contributed by atoms with E-state index in [1.165, 1.54) is 0 Å². The zero-order valence-corrected chi connectivity index (χ0v) is 20.5. The molecular formula is C24H36FN3O6. The summed E-state index contributed by atoms with van der Waals surface area (Å²) in [6.45, 7) is 7.03. The monoisotopic (exact) mass is 481 g/mol. The summed E-state index contributed by atoms with van der Waals surface area (Å²) in [5.41, 5.74) is -0.175. The molecule has 1 N–H and O–H groups in total. The third-order valence-electron chi connectivity index (χ3n) is 6.73. The molecule has 0 radical (unpaired) electrons. The highest BCUT2D eigenvalue weighted by Crippen LogP contribution is 2.40. The zero-order chi connectivity index (χ0) is 24.7. The summed E-state index contributed by atoms with van der Waals surface area (Å²) < 4.78 is 33.7. The van der Waals surface area contributed by atoms with Crippen LogP contribution in [0.5, 0.6) is 5.88 Å².